The van der Waals surface area contributed by atoms with Crippen molar-refractivity contribution in [1.29, 1.82) is 0 Å². The molecule has 0 unspecified atom stereocenters. The highest BCUT2D eigenvalue weighted by Gasteiger charge is 2.48. The normalized spacial score (nSPS) is 27.1. The van der Waals surface area contributed by atoms with Crippen LogP contribution in [0.5, 0.6) is 5.75 Å². The SMILES string of the molecule is COCC(=O)N1[C@H]2CC[C@H](C2)[C@@H]1COc1ccc(F)cc1. The Kier molecular flexibility index (Phi) is 4.10. The summed E-state index contributed by atoms with van der Waals surface area (Å²) < 4.78 is 23.6. The number of hydrogen-bond acceptors (Lipinski definition) is 3. The van der Waals surface area contributed by atoms with Gasteiger partial charge in [-0.3, -0.25) is 4.79 Å². The van der Waals surface area contributed by atoms with Gasteiger partial charge in [0.15, 0.2) is 0 Å². The number of methoxy groups -OCH3 is 1. The third-order valence-corrected chi connectivity index (χ3v) is 4.53. The lowest BCUT2D eigenvalue weighted by Gasteiger charge is -2.35. The van der Waals surface area contributed by atoms with Gasteiger partial charge >= 0.3 is 0 Å². The molecule has 0 radical (unpaired) electrons. The van der Waals surface area contributed by atoms with Crippen LogP contribution in [0.1, 0.15) is 19.3 Å². The number of hydrogen-bond donors (Lipinski definition) is 0. The molecule has 1 saturated carbocycles. The first-order valence-electron chi connectivity index (χ1n) is 7.37. The highest BCUT2D eigenvalue weighted by atomic mass is 19.1. The molecule has 2 fully saturated rings. The van der Waals surface area contributed by atoms with Crippen LogP contribution in [-0.4, -0.2) is 43.2 Å². The van der Waals surface area contributed by atoms with Crippen molar-refractivity contribution in [3.63, 3.8) is 0 Å². The predicted octanol–water partition coefficient (Wildman–Crippen LogP) is 2.23. The fraction of sp³-hybridized carbons (Fsp3) is 0.562. The van der Waals surface area contributed by atoms with E-state index in [1.165, 1.54) is 19.2 Å². The van der Waals surface area contributed by atoms with Crippen LogP contribution in [0.25, 0.3) is 0 Å². The molecule has 3 atom stereocenters. The van der Waals surface area contributed by atoms with Gasteiger partial charge in [-0.2, -0.15) is 0 Å². The standard InChI is InChI=1S/C16H20FNO3/c1-20-10-16(19)18-13-5-2-11(8-13)15(18)9-21-14-6-3-12(17)4-7-14/h3-4,6-7,11,13,15H,2,5,8-10H2,1H3/t11-,13+,15+/m1/s1. The van der Waals surface area contributed by atoms with Gasteiger partial charge in [0.2, 0.25) is 5.91 Å². The van der Waals surface area contributed by atoms with Crippen LogP contribution in [0, 0.1) is 11.7 Å². The Morgan fingerprint density at radius 1 is 1.33 bits per heavy atom. The quantitative estimate of drug-likeness (QED) is 0.835. The van der Waals surface area contributed by atoms with E-state index in [4.69, 9.17) is 9.47 Å². The van der Waals surface area contributed by atoms with E-state index in [1.807, 2.05) is 4.90 Å². The van der Waals surface area contributed by atoms with Gasteiger partial charge in [0.25, 0.3) is 0 Å². The van der Waals surface area contributed by atoms with Crippen LogP contribution in [0.15, 0.2) is 24.3 Å². The zero-order chi connectivity index (χ0) is 14.8. The van der Waals surface area contributed by atoms with Crippen LogP contribution < -0.4 is 4.74 Å². The molecule has 5 heteroatoms. The molecule has 2 bridgehead atoms. The van der Waals surface area contributed by atoms with Gasteiger partial charge in [0.05, 0.1) is 6.04 Å². The van der Waals surface area contributed by atoms with Crippen molar-refractivity contribution in [2.45, 2.75) is 31.3 Å². The maximum Gasteiger partial charge on any atom is 0.249 e. The van der Waals surface area contributed by atoms with Crippen LogP contribution in [0.3, 0.4) is 0 Å². The van der Waals surface area contributed by atoms with Crippen molar-refractivity contribution in [2.24, 2.45) is 5.92 Å². The van der Waals surface area contributed by atoms with Gasteiger partial charge in [-0.15, -0.1) is 0 Å². The van der Waals surface area contributed by atoms with E-state index in [1.54, 1.807) is 12.1 Å². The van der Waals surface area contributed by atoms with E-state index in [-0.39, 0.29) is 24.4 Å². The zero-order valence-electron chi connectivity index (χ0n) is 12.1. The van der Waals surface area contributed by atoms with Gasteiger partial charge < -0.3 is 14.4 Å². The second-order valence-corrected chi connectivity index (χ2v) is 5.79. The number of carbonyl (C=O) groups excluding carboxylic acids is 1. The Morgan fingerprint density at radius 2 is 2.10 bits per heavy atom. The van der Waals surface area contributed by atoms with Gasteiger partial charge in [-0.1, -0.05) is 0 Å². The molecule has 114 valence electrons. The molecule has 1 amide bonds. The van der Waals surface area contributed by atoms with E-state index in [2.05, 4.69) is 0 Å². The van der Waals surface area contributed by atoms with E-state index in [0.717, 1.165) is 19.3 Å². The molecule has 1 saturated heterocycles. The van der Waals surface area contributed by atoms with Crippen LogP contribution in [0.2, 0.25) is 0 Å². The molecule has 2 aliphatic rings. The maximum absolute atomic E-state index is 12.9. The van der Waals surface area contributed by atoms with E-state index in [9.17, 15) is 9.18 Å². The highest BCUT2D eigenvalue weighted by Crippen LogP contribution is 2.42. The molecule has 21 heavy (non-hydrogen) atoms. The van der Waals surface area contributed by atoms with E-state index in [0.29, 0.717) is 24.3 Å². The minimum atomic E-state index is -0.279. The summed E-state index contributed by atoms with van der Waals surface area (Å²) in [6.45, 7) is 0.582. The second kappa shape index (κ2) is 6.02. The molecule has 0 N–H and O–H groups in total. The Bertz CT molecular complexity index is 505. The maximum atomic E-state index is 12.9. The number of amides is 1. The fourth-order valence-corrected chi connectivity index (χ4v) is 3.61. The number of nitrogens with zero attached hydrogens (tertiary/aromatic N) is 1. The molecule has 1 aromatic carbocycles. The first kappa shape index (κ1) is 14.3. The minimum absolute atomic E-state index is 0.0393. The lowest BCUT2D eigenvalue weighted by atomic mass is 9.99. The summed E-state index contributed by atoms with van der Waals surface area (Å²) in [6, 6.07) is 6.43. The number of piperidine rings is 1. The van der Waals surface area contributed by atoms with Gasteiger partial charge in [0, 0.05) is 13.2 Å². The van der Waals surface area contributed by atoms with Crippen molar-refractivity contribution >= 4 is 5.91 Å². The Labute approximate surface area is 123 Å². The summed E-state index contributed by atoms with van der Waals surface area (Å²) in [5.74, 6) is 0.908. The number of benzene rings is 1. The Morgan fingerprint density at radius 3 is 2.81 bits per heavy atom. The van der Waals surface area contributed by atoms with Crippen molar-refractivity contribution in [1.82, 2.24) is 4.90 Å². The highest BCUT2D eigenvalue weighted by molar-refractivity contribution is 5.78. The lowest BCUT2D eigenvalue weighted by Crippen LogP contribution is -2.49. The molecule has 1 heterocycles. The van der Waals surface area contributed by atoms with E-state index < -0.39 is 0 Å². The van der Waals surface area contributed by atoms with Gasteiger partial charge in [-0.25, -0.2) is 4.39 Å². The molecular weight excluding hydrogens is 273 g/mol. The number of fused-ring (bicyclic) bond motifs is 2. The topological polar surface area (TPSA) is 38.8 Å². The van der Waals surface area contributed by atoms with Crippen LogP contribution in [-0.2, 0) is 9.53 Å². The monoisotopic (exact) mass is 293 g/mol. The summed E-state index contributed by atoms with van der Waals surface area (Å²) >= 11 is 0. The molecule has 1 aliphatic carbocycles. The zero-order valence-corrected chi connectivity index (χ0v) is 12.1. The summed E-state index contributed by atoms with van der Waals surface area (Å²) in [5, 5.41) is 0. The average molecular weight is 293 g/mol. The molecule has 1 aromatic rings. The molecule has 0 aromatic heterocycles. The van der Waals surface area contributed by atoms with Crippen molar-refractivity contribution in [2.75, 3.05) is 20.3 Å². The Hall–Kier alpha value is -1.62. The number of rotatable bonds is 5. The molecule has 1 aliphatic heterocycles. The molecule has 0 spiro atoms. The smallest absolute Gasteiger partial charge is 0.249 e. The minimum Gasteiger partial charge on any atom is -0.491 e. The predicted molar refractivity (Wildman–Crippen MR) is 75.5 cm³/mol. The largest absolute Gasteiger partial charge is 0.491 e. The van der Waals surface area contributed by atoms with Crippen molar-refractivity contribution in [3.05, 3.63) is 30.1 Å². The third-order valence-electron chi connectivity index (χ3n) is 4.53. The van der Waals surface area contributed by atoms with Crippen LogP contribution >= 0.6 is 0 Å². The van der Waals surface area contributed by atoms with Gasteiger partial charge in [-0.05, 0) is 49.4 Å². The fourth-order valence-electron chi connectivity index (χ4n) is 3.61. The molecular formula is C16H20FNO3. The molecule has 3 rings (SSSR count). The third kappa shape index (κ3) is 2.88. The Balaban J connectivity index is 1.65. The average Bonchev–Trinajstić information content (AvgIpc) is 3.07. The summed E-state index contributed by atoms with van der Waals surface area (Å²) in [6.07, 6.45) is 3.29. The van der Waals surface area contributed by atoms with Crippen LogP contribution in [0.4, 0.5) is 4.39 Å². The van der Waals surface area contributed by atoms with Crippen molar-refractivity contribution in [3.8, 4) is 5.75 Å². The number of likely N-dealkylation sites (tertiary alicyclic amines) is 1. The summed E-state index contributed by atoms with van der Waals surface area (Å²) in [5.41, 5.74) is 0. The molecule has 4 nitrogen and oxygen atoms in total. The second-order valence-electron chi connectivity index (χ2n) is 5.79. The van der Waals surface area contributed by atoms with Crippen molar-refractivity contribution < 1.29 is 18.7 Å². The summed E-state index contributed by atoms with van der Waals surface area (Å²) in [4.78, 5) is 14.1. The first-order valence-corrected chi connectivity index (χ1v) is 7.37. The van der Waals surface area contributed by atoms with E-state index >= 15 is 0 Å². The first-order chi connectivity index (χ1) is 10.2. The lowest BCUT2D eigenvalue weighted by molar-refractivity contribution is -0.140. The number of ether oxygens (including phenoxy) is 2. The number of carbonyl (C=O) groups is 1. The van der Waals surface area contributed by atoms with Gasteiger partial charge in [0.1, 0.15) is 24.8 Å². The summed E-state index contributed by atoms with van der Waals surface area (Å²) in [7, 11) is 1.54. The number of halogens is 1.